The van der Waals surface area contributed by atoms with Gasteiger partial charge in [-0.05, 0) is 29.2 Å². The third-order valence-electron chi connectivity index (χ3n) is 6.61. The number of amides is 3. The van der Waals surface area contributed by atoms with Gasteiger partial charge in [0, 0.05) is 12.7 Å². The van der Waals surface area contributed by atoms with Gasteiger partial charge in [-0.2, -0.15) is 18.3 Å². The van der Waals surface area contributed by atoms with E-state index in [2.05, 4.69) is 30.3 Å². The number of aromatic nitrogens is 5. The summed E-state index contributed by atoms with van der Waals surface area (Å²) in [5.74, 6) is -6.02. The van der Waals surface area contributed by atoms with Crippen molar-refractivity contribution < 1.29 is 55.2 Å². The van der Waals surface area contributed by atoms with E-state index < -0.39 is 91.8 Å². The zero-order valence-corrected chi connectivity index (χ0v) is 22.5. The summed E-state index contributed by atoms with van der Waals surface area (Å²) in [5.41, 5.74) is -4.65. The lowest BCUT2D eigenvalue weighted by Crippen LogP contribution is -2.58. The van der Waals surface area contributed by atoms with Crippen molar-refractivity contribution in [2.24, 2.45) is 5.41 Å². The second-order valence-corrected chi connectivity index (χ2v) is 10.1. The van der Waals surface area contributed by atoms with Crippen LogP contribution in [0.2, 0.25) is 0 Å². The number of halogens is 7. The predicted molar refractivity (Wildman–Crippen MR) is 131 cm³/mol. The van der Waals surface area contributed by atoms with Crippen LogP contribution < -0.4 is 10.6 Å². The summed E-state index contributed by atoms with van der Waals surface area (Å²) in [4.78, 5) is 30.0. The van der Waals surface area contributed by atoms with Gasteiger partial charge in [-0.15, -0.1) is 0 Å². The van der Waals surface area contributed by atoms with Crippen LogP contribution in [0, 0.1) is 5.41 Å². The molecular formula is C24H27F7N8O4. The first-order valence-electron chi connectivity index (χ1n) is 14.4. The molecule has 19 heteroatoms. The highest BCUT2D eigenvalue weighted by Crippen LogP contribution is 2.42. The number of carbonyl (C=O) groups excluding carboxylic acids is 2. The number of methoxy groups -OCH3 is 1. The van der Waals surface area contributed by atoms with Gasteiger partial charge >= 0.3 is 12.2 Å². The second kappa shape index (κ2) is 11.9. The molecule has 4 rings (SSSR count). The SMILES string of the molecule is [2H]C1([2H])NC(=O)N([C@H](COC)c2cnn3cc([C@H](CCC(C)(C)C(F)(F)F)NC(=O)c4nonc4C(F)F)nc3c2)C([2H])([2H])C1(F)F. The van der Waals surface area contributed by atoms with Crippen LogP contribution in [0.4, 0.5) is 35.5 Å². The Morgan fingerprint density at radius 2 is 2.02 bits per heavy atom. The smallest absolute Gasteiger partial charge is 0.382 e. The number of rotatable bonds is 11. The predicted octanol–water partition coefficient (Wildman–Crippen LogP) is 4.24. The summed E-state index contributed by atoms with van der Waals surface area (Å²) in [6.45, 7) is -6.39. The second-order valence-electron chi connectivity index (χ2n) is 10.1. The van der Waals surface area contributed by atoms with Gasteiger partial charge < -0.3 is 20.3 Å². The number of hydrogen-bond acceptors (Lipinski definition) is 8. The molecule has 1 aliphatic heterocycles. The maximum absolute atomic E-state index is 14.9. The maximum atomic E-state index is 14.9. The van der Waals surface area contributed by atoms with E-state index in [0.717, 1.165) is 31.7 Å². The molecule has 236 valence electrons. The Morgan fingerprint density at radius 3 is 2.67 bits per heavy atom. The molecule has 1 fully saturated rings. The highest BCUT2D eigenvalue weighted by atomic mass is 19.4. The lowest BCUT2D eigenvalue weighted by molar-refractivity contribution is -0.214. The molecular weight excluding hydrogens is 597 g/mol. The topological polar surface area (TPSA) is 140 Å². The minimum Gasteiger partial charge on any atom is -0.382 e. The Balaban J connectivity index is 1.73. The van der Waals surface area contributed by atoms with Gasteiger partial charge in [0.1, 0.15) is 0 Å². The van der Waals surface area contributed by atoms with Crippen LogP contribution in [0.15, 0.2) is 23.1 Å². The molecule has 1 saturated heterocycles. The molecule has 4 heterocycles. The van der Waals surface area contributed by atoms with Crippen LogP contribution in [0.1, 0.15) is 78.1 Å². The van der Waals surface area contributed by atoms with E-state index in [9.17, 15) is 40.3 Å². The van der Waals surface area contributed by atoms with Crippen molar-refractivity contribution in [3.05, 3.63) is 41.1 Å². The van der Waals surface area contributed by atoms with Crippen LogP contribution in [-0.2, 0) is 4.74 Å². The molecule has 0 saturated carbocycles. The molecule has 3 amide bonds. The molecule has 12 nitrogen and oxygen atoms in total. The largest absolute Gasteiger partial charge is 0.393 e. The van der Waals surface area contributed by atoms with E-state index in [1.165, 1.54) is 17.6 Å². The molecule has 0 bridgehead atoms. The Hall–Kier alpha value is -4.03. The van der Waals surface area contributed by atoms with Crippen molar-refractivity contribution in [2.75, 3.05) is 26.7 Å². The summed E-state index contributed by atoms with van der Waals surface area (Å²) >= 11 is 0. The van der Waals surface area contributed by atoms with Gasteiger partial charge in [0.15, 0.2) is 11.3 Å². The van der Waals surface area contributed by atoms with Crippen molar-refractivity contribution in [3.63, 3.8) is 0 Å². The zero-order valence-electron chi connectivity index (χ0n) is 26.5. The Morgan fingerprint density at radius 1 is 1.30 bits per heavy atom. The molecule has 3 aromatic rings. The summed E-state index contributed by atoms with van der Waals surface area (Å²) in [6.07, 6.45) is -6.72. The minimum atomic E-state index is -4.75. The fourth-order valence-electron chi connectivity index (χ4n) is 4.04. The van der Waals surface area contributed by atoms with E-state index in [1.807, 2.05) is 0 Å². The van der Waals surface area contributed by atoms with Gasteiger partial charge in [0.2, 0.25) is 5.69 Å². The number of fused-ring (bicyclic) bond motifs is 1. The number of hydrogen-bond donors (Lipinski definition) is 2. The average Bonchev–Trinajstić information content (AvgIpc) is 3.60. The van der Waals surface area contributed by atoms with Gasteiger partial charge in [0.05, 0.1) is 60.7 Å². The summed E-state index contributed by atoms with van der Waals surface area (Å²) in [7, 11) is 1.13. The minimum absolute atomic E-state index is 0.0595. The molecule has 1 aliphatic rings. The van der Waals surface area contributed by atoms with Crippen molar-refractivity contribution >= 4 is 17.6 Å². The lowest BCUT2D eigenvalue weighted by Gasteiger charge is -2.38. The Bertz CT molecular complexity index is 1640. The number of alkyl halides is 7. The first-order chi connectivity index (χ1) is 21.6. The third kappa shape index (κ3) is 6.97. The molecule has 3 aromatic heterocycles. The molecule has 2 atom stereocenters. The first kappa shape index (κ1) is 26.6. The van der Waals surface area contributed by atoms with Gasteiger partial charge in [0.25, 0.3) is 18.3 Å². The van der Waals surface area contributed by atoms with Crippen LogP contribution in [0.3, 0.4) is 0 Å². The average molecular weight is 629 g/mol. The monoisotopic (exact) mass is 628 g/mol. The number of ether oxygens (including phenoxy) is 1. The van der Waals surface area contributed by atoms with Crippen LogP contribution in [0.5, 0.6) is 0 Å². The van der Waals surface area contributed by atoms with Gasteiger partial charge in [-0.3, -0.25) is 4.79 Å². The van der Waals surface area contributed by atoms with Gasteiger partial charge in [-0.1, -0.05) is 13.8 Å². The van der Waals surface area contributed by atoms with Gasteiger partial charge in [-0.25, -0.2) is 36.5 Å². The molecule has 0 unspecified atom stereocenters. The lowest BCUT2D eigenvalue weighted by atomic mass is 9.85. The van der Waals surface area contributed by atoms with E-state index in [4.69, 9.17) is 10.2 Å². The number of nitrogens with zero attached hydrogens (tertiary/aromatic N) is 6. The molecule has 0 aromatic carbocycles. The third-order valence-corrected chi connectivity index (χ3v) is 6.61. The normalized spacial score (nSPS) is 21.0. The van der Waals surface area contributed by atoms with E-state index in [1.54, 1.807) is 0 Å². The summed E-state index contributed by atoms with van der Waals surface area (Å²) in [6, 6.07) is -3.36. The Labute approximate surface area is 244 Å². The highest BCUT2D eigenvalue weighted by Gasteiger charge is 2.47. The van der Waals surface area contributed by atoms with Crippen molar-refractivity contribution in [2.45, 2.75) is 57.3 Å². The summed E-state index contributed by atoms with van der Waals surface area (Å²) < 4.78 is 139. The fraction of sp³-hybridized carbons (Fsp3) is 0.583. The van der Waals surface area contributed by atoms with E-state index in [0.29, 0.717) is 0 Å². The van der Waals surface area contributed by atoms with Crippen molar-refractivity contribution in [1.82, 2.24) is 40.4 Å². The molecule has 0 spiro atoms. The fourth-order valence-corrected chi connectivity index (χ4v) is 4.04. The molecule has 43 heavy (non-hydrogen) atoms. The first-order valence-corrected chi connectivity index (χ1v) is 12.4. The van der Waals surface area contributed by atoms with Crippen LogP contribution in [0.25, 0.3) is 5.65 Å². The number of imidazole rings is 1. The van der Waals surface area contributed by atoms with Crippen molar-refractivity contribution in [1.29, 1.82) is 0 Å². The van der Waals surface area contributed by atoms with Crippen molar-refractivity contribution in [3.8, 4) is 0 Å². The Kier molecular flexibility index (Phi) is 7.37. The summed E-state index contributed by atoms with van der Waals surface area (Å²) in [5, 5.41) is 13.9. The highest BCUT2D eigenvalue weighted by molar-refractivity contribution is 5.93. The molecule has 0 aliphatic carbocycles. The maximum Gasteiger partial charge on any atom is 0.393 e. The number of urea groups is 1. The number of carbonyl (C=O) groups is 2. The van der Waals surface area contributed by atoms with E-state index >= 15 is 0 Å². The van der Waals surface area contributed by atoms with Crippen LogP contribution in [-0.4, -0.2) is 80.6 Å². The van der Waals surface area contributed by atoms with Crippen LogP contribution >= 0.6 is 0 Å². The molecule has 2 N–H and O–H groups in total. The molecule has 0 radical (unpaired) electrons. The quantitative estimate of drug-likeness (QED) is 0.301. The zero-order chi connectivity index (χ0) is 35.3. The standard InChI is InChI=1S/C24H27F7N8O4/c1-22(2,24(29,30)31)5-4-13(35-20(40)18-17(19(25)26)36-43-37-18)14-8-39-16(34-14)6-12(7-33-39)15(9-42-3)38-11-23(27,28)10-32-21(38)41/h6-8,13,15,19H,4-5,9-11H2,1-3H3,(H,32,41)(H,35,40)/t13-,15+/m0/s1/i10D2,11D2. The number of nitrogens with one attached hydrogen (secondary N) is 2. The van der Waals surface area contributed by atoms with E-state index in [-0.39, 0.29) is 21.8 Å².